The second-order valence-electron chi connectivity index (χ2n) is 6.51. The lowest BCUT2D eigenvalue weighted by atomic mass is 10.1. The van der Waals surface area contributed by atoms with Crippen molar-refractivity contribution < 1.29 is 19.0 Å². The highest BCUT2D eigenvalue weighted by atomic mass is 35.5. The van der Waals surface area contributed by atoms with Crippen molar-refractivity contribution >= 4 is 40.9 Å². The Kier molecular flexibility index (Phi) is 6.09. The number of benzene rings is 2. The molecular weight excluding hydrogens is 421 g/mol. The highest BCUT2D eigenvalue weighted by molar-refractivity contribution is 7.99. The van der Waals surface area contributed by atoms with Gasteiger partial charge in [-0.05, 0) is 42.3 Å². The summed E-state index contributed by atoms with van der Waals surface area (Å²) in [5.41, 5.74) is 1.20. The Balaban J connectivity index is 1.33. The van der Waals surface area contributed by atoms with Crippen LogP contribution in [0.2, 0.25) is 10.0 Å². The van der Waals surface area contributed by atoms with E-state index < -0.39 is 0 Å². The zero-order valence-corrected chi connectivity index (χ0v) is 17.4. The number of fused-ring (bicyclic) bond motifs is 1. The van der Waals surface area contributed by atoms with Gasteiger partial charge in [0.1, 0.15) is 5.75 Å². The van der Waals surface area contributed by atoms with Gasteiger partial charge in [-0.3, -0.25) is 4.79 Å². The van der Waals surface area contributed by atoms with Crippen LogP contribution in [0.1, 0.15) is 17.2 Å². The van der Waals surface area contributed by atoms with Crippen molar-refractivity contribution in [2.24, 2.45) is 0 Å². The van der Waals surface area contributed by atoms with Crippen LogP contribution in [0, 0.1) is 0 Å². The lowest BCUT2D eigenvalue weighted by Gasteiger charge is -2.20. The van der Waals surface area contributed by atoms with Crippen molar-refractivity contribution in [2.75, 3.05) is 32.2 Å². The quantitative estimate of drug-likeness (QED) is 0.683. The van der Waals surface area contributed by atoms with E-state index in [0.717, 1.165) is 23.7 Å². The smallest absolute Gasteiger partial charge is 0.260 e. The van der Waals surface area contributed by atoms with Gasteiger partial charge >= 0.3 is 0 Å². The van der Waals surface area contributed by atoms with Crippen LogP contribution in [0.25, 0.3) is 0 Å². The molecule has 1 atom stereocenters. The molecule has 5 nitrogen and oxygen atoms in total. The van der Waals surface area contributed by atoms with Crippen LogP contribution in [0.5, 0.6) is 17.2 Å². The van der Waals surface area contributed by atoms with E-state index in [4.69, 9.17) is 37.4 Å². The molecule has 0 aliphatic carbocycles. The first-order valence-electron chi connectivity index (χ1n) is 8.97. The third-order valence-corrected chi connectivity index (χ3v) is 6.57. The van der Waals surface area contributed by atoms with Crippen LogP contribution in [-0.4, -0.2) is 43.0 Å². The molecule has 148 valence electrons. The van der Waals surface area contributed by atoms with Gasteiger partial charge in [0.05, 0.1) is 5.02 Å². The topological polar surface area (TPSA) is 48.0 Å². The van der Waals surface area contributed by atoms with Crippen molar-refractivity contribution in [3.05, 3.63) is 52.0 Å². The Labute approximate surface area is 177 Å². The van der Waals surface area contributed by atoms with Crippen LogP contribution in [-0.2, 0) is 4.79 Å². The van der Waals surface area contributed by atoms with Gasteiger partial charge in [0, 0.05) is 29.1 Å². The first-order chi connectivity index (χ1) is 13.6. The number of ether oxygens (including phenoxy) is 3. The summed E-state index contributed by atoms with van der Waals surface area (Å²) in [6.45, 7) is 1.61. The van der Waals surface area contributed by atoms with E-state index in [0.29, 0.717) is 34.1 Å². The van der Waals surface area contributed by atoms with E-state index in [1.165, 1.54) is 5.56 Å². The van der Waals surface area contributed by atoms with E-state index in [-0.39, 0.29) is 19.3 Å². The van der Waals surface area contributed by atoms with E-state index >= 15 is 0 Å². The zero-order chi connectivity index (χ0) is 19.5. The fraction of sp³-hybridized carbons (Fsp3) is 0.350. The van der Waals surface area contributed by atoms with Crippen LogP contribution in [0.3, 0.4) is 0 Å². The maximum absolute atomic E-state index is 12.6. The first-order valence-corrected chi connectivity index (χ1v) is 10.8. The van der Waals surface area contributed by atoms with Gasteiger partial charge in [-0.2, -0.15) is 11.8 Å². The molecule has 2 heterocycles. The number of rotatable bonds is 4. The Morgan fingerprint density at radius 3 is 2.86 bits per heavy atom. The highest BCUT2D eigenvalue weighted by Gasteiger charge is 2.24. The number of halogens is 2. The fourth-order valence-electron chi connectivity index (χ4n) is 3.22. The third-order valence-electron chi connectivity index (χ3n) is 4.71. The minimum absolute atomic E-state index is 0.0410. The molecule has 2 aromatic rings. The summed E-state index contributed by atoms with van der Waals surface area (Å²) in [4.78, 5) is 14.4. The summed E-state index contributed by atoms with van der Waals surface area (Å²) >= 11 is 13.8. The summed E-state index contributed by atoms with van der Waals surface area (Å²) in [6, 6.07) is 11.0. The molecule has 0 spiro atoms. The standard InChI is InChI=1S/C20H19Cl2NO4S/c21-14-2-4-16(15(22)10-14)25-11-20(24)23-6-5-19(28-8-7-23)13-1-3-17-18(9-13)27-12-26-17/h1-4,9-10,19H,5-8,11-12H2/t19-/m0/s1. The average molecular weight is 440 g/mol. The molecule has 1 amide bonds. The molecule has 0 unspecified atom stereocenters. The van der Waals surface area contributed by atoms with Gasteiger partial charge in [-0.15, -0.1) is 0 Å². The van der Waals surface area contributed by atoms with Gasteiger partial charge in [-0.1, -0.05) is 29.3 Å². The fourth-order valence-corrected chi connectivity index (χ4v) is 4.91. The second-order valence-corrected chi connectivity index (χ2v) is 8.66. The van der Waals surface area contributed by atoms with Gasteiger partial charge < -0.3 is 19.1 Å². The molecule has 28 heavy (non-hydrogen) atoms. The van der Waals surface area contributed by atoms with Gasteiger partial charge in [0.15, 0.2) is 18.1 Å². The summed E-state index contributed by atoms with van der Waals surface area (Å²) in [7, 11) is 0. The lowest BCUT2D eigenvalue weighted by molar-refractivity contribution is -0.133. The summed E-state index contributed by atoms with van der Waals surface area (Å²) < 4.78 is 16.5. The highest BCUT2D eigenvalue weighted by Crippen LogP contribution is 2.40. The molecule has 0 radical (unpaired) electrons. The number of amides is 1. The Morgan fingerprint density at radius 2 is 2.00 bits per heavy atom. The molecule has 8 heteroatoms. The molecule has 2 aliphatic rings. The van der Waals surface area contributed by atoms with Crippen LogP contribution in [0.15, 0.2) is 36.4 Å². The first kappa shape index (κ1) is 19.6. The monoisotopic (exact) mass is 439 g/mol. The predicted octanol–water partition coefficient (Wildman–Crippen LogP) is 4.81. The van der Waals surface area contributed by atoms with E-state index in [9.17, 15) is 4.79 Å². The third kappa shape index (κ3) is 4.45. The van der Waals surface area contributed by atoms with Crippen molar-refractivity contribution in [1.82, 2.24) is 4.90 Å². The number of thioether (sulfide) groups is 1. The molecule has 0 saturated carbocycles. The van der Waals surface area contributed by atoms with Crippen molar-refractivity contribution in [3.63, 3.8) is 0 Å². The normalized spacial score (nSPS) is 18.6. The van der Waals surface area contributed by atoms with E-state index in [1.54, 1.807) is 18.2 Å². The van der Waals surface area contributed by atoms with Crippen molar-refractivity contribution in [1.29, 1.82) is 0 Å². The van der Waals surface area contributed by atoms with Crippen molar-refractivity contribution in [2.45, 2.75) is 11.7 Å². The van der Waals surface area contributed by atoms with E-state index in [1.807, 2.05) is 28.8 Å². The number of carbonyl (C=O) groups excluding carboxylic acids is 1. The minimum Gasteiger partial charge on any atom is -0.482 e. The molecule has 2 aliphatic heterocycles. The van der Waals surface area contributed by atoms with Crippen LogP contribution >= 0.6 is 35.0 Å². The molecule has 0 aromatic heterocycles. The average Bonchev–Trinajstić information content (AvgIpc) is 3.01. The summed E-state index contributed by atoms with van der Waals surface area (Å²) in [6.07, 6.45) is 0.873. The molecule has 1 fully saturated rings. The largest absolute Gasteiger partial charge is 0.482 e. The lowest BCUT2D eigenvalue weighted by Crippen LogP contribution is -2.36. The van der Waals surface area contributed by atoms with Gasteiger partial charge in [-0.25, -0.2) is 0 Å². The molecule has 4 rings (SSSR count). The SMILES string of the molecule is O=C(COc1ccc(Cl)cc1Cl)N1CCS[C@H](c2ccc3c(c2)OCO3)CC1. The Morgan fingerprint density at radius 1 is 1.14 bits per heavy atom. The zero-order valence-electron chi connectivity index (χ0n) is 15.0. The Hall–Kier alpha value is -1.76. The number of hydrogen-bond donors (Lipinski definition) is 0. The molecule has 0 N–H and O–H groups in total. The van der Waals surface area contributed by atoms with Crippen LogP contribution in [0.4, 0.5) is 0 Å². The maximum Gasteiger partial charge on any atom is 0.260 e. The van der Waals surface area contributed by atoms with Crippen LogP contribution < -0.4 is 14.2 Å². The summed E-state index contributed by atoms with van der Waals surface area (Å²) in [5.74, 6) is 2.87. The number of nitrogens with zero attached hydrogens (tertiary/aromatic N) is 1. The van der Waals surface area contributed by atoms with E-state index in [2.05, 4.69) is 6.07 Å². The van der Waals surface area contributed by atoms with Crippen molar-refractivity contribution in [3.8, 4) is 17.2 Å². The second kappa shape index (κ2) is 8.72. The summed E-state index contributed by atoms with van der Waals surface area (Å²) in [5, 5.41) is 1.25. The molecule has 0 bridgehead atoms. The Bertz CT molecular complexity index is 879. The van der Waals surface area contributed by atoms with Gasteiger partial charge in [0.25, 0.3) is 5.91 Å². The van der Waals surface area contributed by atoms with Gasteiger partial charge in [0.2, 0.25) is 6.79 Å². The minimum atomic E-state index is -0.0436. The number of hydrogen-bond acceptors (Lipinski definition) is 5. The predicted molar refractivity (Wildman–Crippen MR) is 111 cm³/mol. The molecular formula is C20H19Cl2NO4S. The maximum atomic E-state index is 12.6. The molecule has 1 saturated heterocycles. The molecule has 2 aromatic carbocycles. The number of carbonyl (C=O) groups is 1.